The highest BCUT2D eigenvalue weighted by molar-refractivity contribution is 5.92. The molecule has 1 aromatic carbocycles. The summed E-state index contributed by atoms with van der Waals surface area (Å²) < 4.78 is 4.97. The number of piperazine rings is 1. The lowest BCUT2D eigenvalue weighted by Gasteiger charge is -2.33. The van der Waals surface area contributed by atoms with Crippen molar-refractivity contribution in [3.63, 3.8) is 0 Å². The second-order valence-electron chi connectivity index (χ2n) is 5.61. The van der Waals surface area contributed by atoms with Crippen molar-refractivity contribution < 1.29 is 14.3 Å². The Hall–Kier alpha value is -2.77. The van der Waals surface area contributed by atoms with Crippen LogP contribution in [0.4, 0.5) is 4.79 Å². The number of carbonyl (C=O) groups excluding carboxylic acids is 2. The van der Waals surface area contributed by atoms with Gasteiger partial charge in [0, 0.05) is 26.2 Å². The maximum atomic E-state index is 12.6. The summed E-state index contributed by atoms with van der Waals surface area (Å²) in [5, 5.41) is 8.00. The number of carbonyl (C=O) groups is 2. The Morgan fingerprint density at radius 2 is 1.79 bits per heavy atom. The Balaban J connectivity index is 1.70. The fourth-order valence-corrected chi connectivity index (χ4v) is 2.58. The van der Waals surface area contributed by atoms with Gasteiger partial charge in [-0.05, 0) is 31.5 Å². The summed E-state index contributed by atoms with van der Waals surface area (Å²) in [6.07, 6.45) is -0.344. The molecule has 8 heteroatoms. The van der Waals surface area contributed by atoms with Gasteiger partial charge in [-0.15, -0.1) is 10.2 Å². The first-order chi connectivity index (χ1) is 11.6. The highest BCUT2D eigenvalue weighted by Crippen LogP contribution is 2.12. The predicted octanol–water partition coefficient (Wildman–Crippen LogP) is 1.25. The van der Waals surface area contributed by atoms with Crippen LogP contribution in [0.3, 0.4) is 0 Å². The van der Waals surface area contributed by atoms with E-state index >= 15 is 0 Å². The van der Waals surface area contributed by atoms with Gasteiger partial charge in [0.15, 0.2) is 0 Å². The average Bonchev–Trinajstić information content (AvgIpc) is 2.60. The Kier molecular flexibility index (Phi) is 4.54. The molecule has 0 spiro atoms. The Morgan fingerprint density at radius 1 is 1.08 bits per heavy atom. The van der Waals surface area contributed by atoms with Gasteiger partial charge in [0.2, 0.25) is 5.82 Å². The van der Waals surface area contributed by atoms with Gasteiger partial charge in [0.1, 0.15) is 5.52 Å². The molecule has 1 aliphatic rings. The molecule has 2 amide bonds. The van der Waals surface area contributed by atoms with Crippen LogP contribution in [0.1, 0.15) is 23.1 Å². The van der Waals surface area contributed by atoms with E-state index in [1.807, 2.05) is 25.1 Å². The number of aryl methyl sites for hydroxylation is 1. The summed E-state index contributed by atoms with van der Waals surface area (Å²) in [6.45, 7) is 5.78. The van der Waals surface area contributed by atoms with Crippen molar-refractivity contribution in [3.8, 4) is 0 Å². The van der Waals surface area contributed by atoms with Crippen molar-refractivity contribution >= 4 is 23.0 Å². The van der Waals surface area contributed by atoms with E-state index in [2.05, 4.69) is 15.2 Å². The van der Waals surface area contributed by atoms with Crippen molar-refractivity contribution in [1.29, 1.82) is 0 Å². The molecule has 0 radical (unpaired) electrons. The lowest BCUT2D eigenvalue weighted by Crippen LogP contribution is -2.51. The maximum absolute atomic E-state index is 12.6. The van der Waals surface area contributed by atoms with Crippen LogP contribution in [0.2, 0.25) is 0 Å². The molecule has 0 bridgehead atoms. The molecule has 24 heavy (non-hydrogen) atoms. The summed E-state index contributed by atoms with van der Waals surface area (Å²) in [7, 11) is 0. The van der Waals surface area contributed by atoms with Crippen LogP contribution in [0, 0.1) is 6.92 Å². The Labute approximate surface area is 139 Å². The molecule has 2 heterocycles. The molecule has 1 fully saturated rings. The van der Waals surface area contributed by atoms with E-state index in [9.17, 15) is 9.59 Å². The number of hydrogen-bond donors (Lipinski definition) is 0. The summed E-state index contributed by atoms with van der Waals surface area (Å²) in [4.78, 5) is 31.8. The van der Waals surface area contributed by atoms with E-state index in [4.69, 9.17) is 4.74 Å². The molecule has 0 aliphatic carbocycles. The largest absolute Gasteiger partial charge is 0.450 e. The van der Waals surface area contributed by atoms with Crippen LogP contribution in [-0.4, -0.2) is 69.8 Å². The molecule has 0 unspecified atom stereocenters. The van der Waals surface area contributed by atoms with Crippen LogP contribution in [-0.2, 0) is 4.74 Å². The van der Waals surface area contributed by atoms with Gasteiger partial charge in [-0.1, -0.05) is 6.07 Å². The number of hydrogen-bond acceptors (Lipinski definition) is 6. The van der Waals surface area contributed by atoms with Crippen molar-refractivity contribution in [2.45, 2.75) is 13.8 Å². The van der Waals surface area contributed by atoms with Crippen LogP contribution < -0.4 is 0 Å². The van der Waals surface area contributed by atoms with Crippen molar-refractivity contribution in [1.82, 2.24) is 25.0 Å². The minimum Gasteiger partial charge on any atom is -0.450 e. The first-order valence-corrected chi connectivity index (χ1v) is 7.90. The molecule has 0 saturated carbocycles. The van der Waals surface area contributed by atoms with E-state index in [0.717, 1.165) is 5.56 Å². The fraction of sp³-hybridized carbons (Fsp3) is 0.438. The van der Waals surface area contributed by atoms with Gasteiger partial charge in [0.25, 0.3) is 5.91 Å². The first-order valence-electron chi connectivity index (χ1n) is 7.90. The van der Waals surface area contributed by atoms with E-state index in [1.165, 1.54) is 0 Å². The zero-order valence-corrected chi connectivity index (χ0v) is 13.7. The zero-order chi connectivity index (χ0) is 17.1. The smallest absolute Gasteiger partial charge is 0.409 e. The van der Waals surface area contributed by atoms with Crippen molar-refractivity contribution in [2.24, 2.45) is 0 Å². The van der Waals surface area contributed by atoms with Crippen LogP contribution in [0.15, 0.2) is 18.2 Å². The Morgan fingerprint density at radius 3 is 2.50 bits per heavy atom. The molecule has 0 N–H and O–H groups in total. The van der Waals surface area contributed by atoms with Crippen LogP contribution in [0.25, 0.3) is 11.0 Å². The van der Waals surface area contributed by atoms with Crippen LogP contribution >= 0.6 is 0 Å². The monoisotopic (exact) mass is 329 g/mol. The highest BCUT2D eigenvalue weighted by Gasteiger charge is 2.27. The normalized spacial score (nSPS) is 14.8. The summed E-state index contributed by atoms with van der Waals surface area (Å²) >= 11 is 0. The minimum absolute atomic E-state index is 0.0812. The van der Waals surface area contributed by atoms with E-state index in [1.54, 1.807) is 16.7 Å². The molecular formula is C16H19N5O3. The number of amides is 2. The number of ether oxygens (including phenoxy) is 1. The molecule has 1 saturated heterocycles. The standard InChI is InChI=1S/C16H19N5O3/c1-3-24-16(23)21-8-6-20(7-9-21)15(22)14-17-13-10-11(2)4-5-12(13)18-19-14/h4-5,10H,3,6-9H2,1-2H3. The van der Waals surface area contributed by atoms with Crippen LogP contribution in [0.5, 0.6) is 0 Å². The predicted molar refractivity (Wildman–Crippen MR) is 86.6 cm³/mol. The minimum atomic E-state index is -0.344. The number of nitrogens with zero attached hydrogens (tertiary/aromatic N) is 5. The van der Waals surface area contributed by atoms with Gasteiger partial charge >= 0.3 is 6.09 Å². The molecule has 0 atom stereocenters. The zero-order valence-electron chi connectivity index (χ0n) is 13.7. The van der Waals surface area contributed by atoms with Crippen molar-refractivity contribution in [3.05, 3.63) is 29.6 Å². The lowest BCUT2D eigenvalue weighted by molar-refractivity contribution is 0.0560. The number of fused-ring (bicyclic) bond motifs is 1. The lowest BCUT2D eigenvalue weighted by atomic mass is 10.2. The molecule has 126 valence electrons. The van der Waals surface area contributed by atoms with E-state index in [0.29, 0.717) is 43.8 Å². The molecule has 1 aromatic heterocycles. The second kappa shape index (κ2) is 6.77. The molecule has 1 aliphatic heterocycles. The topological polar surface area (TPSA) is 88.5 Å². The number of aromatic nitrogens is 3. The summed E-state index contributed by atoms with van der Waals surface area (Å²) in [5.74, 6) is -0.188. The molecule has 8 nitrogen and oxygen atoms in total. The van der Waals surface area contributed by atoms with Gasteiger partial charge in [-0.2, -0.15) is 0 Å². The van der Waals surface area contributed by atoms with Crippen molar-refractivity contribution in [2.75, 3.05) is 32.8 Å². The molecular weight excluding hydrogens is 310 g/mol. The van der Waals surface area contributed by atoms with Gasteiger partial charge in [-0.25, -0.2) is 9.78 Å². The second-order valence-corrected chi connectivity index (χ2v) is 5.61. The average molecular weight is 329 g/mol. The van der Waals surface area contributed by atoms with Gasteiger partial charge in [0.05, 0.1) is 12.1 Å². The van der Waals surface area contributed by atoms with E-state index < -0.39 is 0 Å². The number of benzene rings is 1. The summed E-state index contributed by atoms with van der Waals surface area (Å²) in [5.41, 5.74) is 2.35. The fourth-order valence-electron chi connectivity index (χ4n) is 2.58. The molecule has 3 rings (SSSR count). The van der Waals surface area contributed by atoms with Gasteiger partial charge in [-0.3, -0.25) is 4.79 Å². The third-order valence-electron chi connectivity index (χ3n) is 3.89. The first kappa shape index (κ1) is 16.1. The quantitative estimate of drug-likeness (QED) is 0.824. The van der Waals surface area contributed by atoms with E-state index in [-0.39, 0.29) is 17.8 Å². The number of rotatable bonds is 2. The SMILES string of the molecule is CCOC(=O)N1CCN(C(=O)c2nnc3ccc(C)cc3n2)CC1. The third-order valence-corrected chi connectivity index (χ3v) is 3.89. The van der Waals surface area contributed by atoms with Gasteiger partial charge < -0.3 is 14.5 Å². The molecule has 2 aromatic rings. The maximum Gasteiger partial charge on any atom is 0.409 e. The Bertz CT molecular complexity index is 771. The summed E-state index contributed by atoms with van der Waals surface area (Å²) in [6, 6.07) is 5.63. The highest BCUT2D eigenvalue weighted by atomic mass is 16.6. The third kappa shape index (κ3) is 3.27.